The van der Waals surface area contributed by atoms with Gasteiger partial charge in [-0.2, -0.15) is 0 Å². The van der Waals surface area contributed by atoms with Gasteiger partial charge >= 0.3 is 0 Å². The summed E-state index contributed by atoms with van der Waals surface area (Å²) in [4.78, 5) is 12.1. The van der Waals surface area contributed by atoms with Crippen molar-refractivity contribution >= 4 is 18.3 Å². The third-order valence-electron chi connectivity index (χ3n) is 4.06. The fourth-order valence-electron chi connectivity index (χ4n) is 2.57. The minimum absolute atomic E-state index is 0. The van der Waals surface area contributed by atoms with E-state index in [1.807, 2.05) is 0 Å². The number of nitrogens with one attached hydrogen (secondary N) is 2. The fraction of sp³-hybridized carbons (Fsp3) is 0.917. The molecule has 0 aromatic heterocycles. The van der Waals surface area contributed by atoms with E-state index in [1.54, 1.807) is 0 Å². The number of amides is 1. The first-order valence-electron chi connectivity index (χ1n) is 6.30. The highest BCUT2D eigenvalue weighted by Gasteiger charge is 2.39. The van der Waals surface area contributed by atoms with E-state index in [0.29, 0.717) is 0 Å². The second kappa shape index (κ2) is 5.87. The van der Waals surface area contributed by atoms with Crippen molar-refractivity contribution in [2.45, 2.75) is 51.0 Å². The van der Waals surface area contributed by atoms with Crippen molar-refractivity contribution < 1.29 is 4.79 Å². The molecule has 1 unspecified atom stereocenters. The standard InChI is InChI=1S/C12H22N2O.ClH/c1-2-12(7-4-8-14-12)11(15)13-9-10-5-3-6-10;/h10,14H,2-9H2,1H3,(H,13,15);1H. The molecule has 2 rings (SSSR count). The molecule has 94 valence electrons. The van der Waals surface area contributed by atoms with Gasteiger partial charge in [-0.25, -0.2) is 0 Å². The average molecular weight is 247 g/mol. The Morgan fingerprint density at radius 1 is 1.44 bits per heavy atom. The van der Waals surface area contributed by atoms with Crippen molar-refractivity contribution in [3.63, 3.8) is 0 Å². The Labute approximate surface area is 104 Å². The number of carbonyl (C=O) groups is 1. The van der Waals surface area contributed by atoms with Gasteiger partial charge in [-0.3, -0.25) is 4.79 Å². The summed E-state index contributed by atoms with van der Waals surface area (Å²) in [5, 5.41) is 6.48. The van der Waals surface area contributed by atoms with Crippen LogP contribution >= 0.6 is 12.4 Å². The number of hydrogen-bond acceptors (Lipinski definition) is 2. The Morgan fingerprint density at radius 3 is 2.62 bits per heavy atom. The first-order valence-corrected chi connectivity index (χ1v) is 6.30. The van der Waals surface area contributed by atoms with Crippen LogP contribution in [0.15, 0.2) is 0 Å². The molecule has 0 radical (unpaired) electrons. The molecule has 16 heavy (non-hydrogen) atoms. The van der Waals surface area contributed by atoms with Gasteiger partial charge in [0, 0.05) is 6.54 Å². The third kappa shape index (κ3) is 2.69. The van der Waals surface area contributed by atoms with Crippen molar-refractivity contribution in [1.29, 1.82) is 0 Å². The molecule has 1 amide bonds. The van der Waals surface area contributed by atoms with E-state index in [4.69, 9.17) is 0 Å². The Kier molecular flexibility index (Phi) is 5.06. The lowest BCUT2D eigenvalue weighted by Crippen LogP contribution is -2.54. The molecule has 1 aliphatic heterocycles. The first-order chi connectivity index (χ1) is 7.27. The van der Waals surface area contributed by atoms with Gasteiger partial charge in [0.1, 0.15) is 0 Å². The van der Waals surface area contributed by atoms with Crippen LogP contribution in [0.25, 0.3) is 0 Å². The maximum absolute atomic E-state index is 12.1. The summed E-state index contributed by atoms with van der Waals surface area (Å²) in [5.74, 6) is 0.985. The van der Waals surface area contributed by atoms with E-state index in [9.17, 15) is 4.79 Å². The molecule has 2 fully saturated rings. The smallest absolute Gasteiger partial charge is 0.240 e. The minimum atomic E-state index is -0.246. The van der Waals surface area contributed by atoms with Crippen LogP contribution in [0, 0.1) is 5.92 Å². The van der Waals surface area contributed by atoms with Gasteiger partial charge in [-0.15, -0.1) is 12.4 Å². The number of rotatable bonds is 4. The second-order valence-electron chi connectivity index (χ2n) is 4.97. The number of halogens is 1. The molecule has 1 aliphatic carbocycles. The largest absolute Gasteiger partial charge is 0.354 e. The summed E-state index contributed by atoms with van der Waals surface area (Å²) in [5.41, 5.74) is -0.246. The molecule has 0 bridgehead atoms. The lowest BCUT2D eigenvalue weighted by atomic mass is 9.85. The van der Waals surface area contributed by atoms with Crippen LogP contribution in [0.5, 0.6) is 0 Å². The Morgan fingerprint density at radius 2 is 2.19 bits per heavy atom. The van der Waals surface area contributed by atoms with Crippen LogP contribution in [0.3, 0.4) is 0 Å². The number of carbonyl (C=O) groups excluding carboxylic acids is 1. The first kappa shape index (κ1) is 13.8. The maximum atomic E-state index is 12.1. The van der Waals surface area contributed by atoms with Crippen LogP contribution in [-0.4, -0.2) is 24.5 Å². The van der Waals surface area contributed by atoms with Crippen LogP contribution in [0.4, 0.5) is 0 Å². The zero-order valence-corrected chi connectivity index (χ0v) is 10.9. The third-order valence-corrected chi connectivity index (χ3v) is 4.06. The van der Waals surface area contributed by atoms with Crippen LogP contribution in [0.1, 0.15) is 45.4 Å². The van der Waals surface area contributed by atoms with Gasteiger partial charge in [0.25, 0.3) is 0 Å². The molecule has 0 aromatic carbocycles. The van der Waals surface area contributed by atoms with E-state index in [2.05, 4.69) is 17.6 Å². The Hall–Kier alpha value is -0.280. The van der Waals surface area contributed by atoms with Crippen LogP contribution in [0.2, 0.25) is 0 Å². The van der Waals surface area contributed by atoms with Crippen LogP contribution < -0.4 is 10.6 Å². The lowest BCUT2D eigenvalue weighted by molar-refractivity contribution is -0.127. The zero-order valence-electron chi connectivity index (χ0n) is 10.1. The maximum Gasteiger partial charge on any atom is 0.240 e. The van der Waals surface area contributed by atoms with Gasteiger partial charge in [0.05, 0.1) is 5.54 Å². The molecule has 0 spiro atoms. The zero-order chi connectivity index (χ0) is 10.7. The van der Waals surface area contributed by atoms with Gasteiger partial charge in [-0.1, -0.05) is 13.3 Å². The van der Waals surface area contributed by atoms with Gasteiger partial charge in [0.15, 0.2) is 0 Å². The minimum Gasteiger partial charge on any atom is -0.354 e. The summed E-state index contributed by atoms with van der Waals surface area (Å²) in [6, 6.07) is 0. The predicted molar refractivity (Wildman–Crippen MR) is 67.9 cm³/mol. The van der Waals surface area contributed by atoms with E-state index >= 15 is 0 Å². The summed E-state index contributed by atoms with van der Waals surface area (Å²) >= 11 is 0. The molecule has 2 aliphatic rings. The molecular formula is C12H23ClN2O. The quantitative estimate of drug-likeness (QED) is 0.795. The van der Waals surface area contributed by atoms with Crippen molar-refractivity contribution in [3.8, 4) is 0 Å². The Bertz CT molecular complexity index is 235. The molecule has 1 saturated carbocycles. The highest BCUT2D eigenvalue weighted by Crippen LogP contribution is 2.26. The summed E-state index contributed by atoms with van der Waals surface area (Å²) < 4.78 is 0. The highest BCUT2D eigenvalue weighted by atomic mass is 35.5. The van der Waals surface area contributed by atoms with Gasteiger partial charge in [-0.05, 0) is 44.6 Å². The Balaban J connectivity index is 0.00000128. The van der Waals surface area contributed by atoms with Crippen molar-refractivity contribution in [1.82, 2.24) is 10.6 Å². The topological polar surface area (TPSA) is 41.1 Å². The summed E-state index contributed by atoms with van der Waals surface area (Å²) in [7, 11) is 0. The van der Waals surface area contributed by atoms with Crippen molar-refractivity contribution in [3.05, 3.63) is 0 Å². The van der Waals surface area contributed by atoms with Crippen molar-refractivity contribution in [2.24, 2.45) is 5.92 Å². The lowest BCUT2D eigenvalue weighted by Gasteiger charge is -2.30. The van der Waals surface area contributed by atoms with E-state index in [1.165, 1.54) is 19.3 Å². The van der Waals surface area contributed by atoms with E-state index in [-0.39, 0.29) is 23.9 Å². The molecule has 2 N–H and O–H groups in total. The fourth-order valence-corrected chi connectivity index (χ4v) is 2.57. The molecule has 4 heteroatoms. The van der Waals surface area contributed by atoms with Gasteiger partial charge < -0.3 is 10.6 Å². The molecule has 1 saturated heterocycles. The SMILES string of the molecule is CCC1(C(=O)NCC2CCC2)CCCN1.Cl. The van der Waals surface area contributed by atoms with Crippen LogP contribution in [-0.2, 0) is 4.79 Å². The number of hydrogen-bond donors (Lipinski definition) is 2. The predicted octanol–water partition coefficient (Wildman–Crippen LogP) is 1.86. The molecule has 1 atom stereocenters. The molecule has 3 nitrogen and oxygen atoms in total. The van der Waals surface area contributed by atoms with E-state index in [0.717, 1.165) is 38.3 Å². The monoisotopic (exact) mass is 246 g/mol. The van der Waals surface area contributed by atoms with E-state index < -0.39 is 0 Å². The summed E-state index contributed by atoms with van der Waals surface area (Å²) in [6.45, 7) is 3.98. The second-order valence-corrected chi connectivity index (χ2v) is 4.97. The van der Waals surface area contributed by atoms with Crippen molar-refractivity contribution in [2.75, 3.05) is 13.1 Å². The highest BCUT2D eigenvalue weighted by molar-refractivity contribution is 5.86. The summed E-state index contributed by atoms with van der Waals surface area (Å²) in [6.07, 6.45) is 6.98. The van der Waals surface area contributed by atoms with Gasteiger partial charge in [0.2, 0.25) is 5.91 Å². The average Bonchev–Trinajstić information content (AvgIpc) is 2.64. The normalized spacial score (nSPS) is 29.3. The molecule has 1 heterocycles. The molecular weight excluding hydrogens is 224 g/mol. The molecule has 0 aromatic rings.